The van der Waals surface area contributed by atoms with Gasteiger partial charge in [0.15, 0.2) is 0 Å². The molecule has 1 N–H and O–H groups in total. The maximum Gasteiger partial charge on any atom is 0.296 e. The number of ether oxygens (including phenoxy) is 3. The molecule has 1 aromatic heterocycles. The number of pyridine rings is 1. The first kappa shape index (κ1) is 21.2. The van der Waals surface area contributed by atoms with Crippen molar-refractivity contribution in [3.8, 4) is 17.2 Å². The molecule has 0 bridgehead atoms. The fourth-order valence-electron chi connectivity index (χ4n) is 3.54. The molecule has 3 aromatic rings. The van der Waals surface area contributed by atoms with E-state index in [4.69, 9.17) is 14.2 Å². The number of benzene rings is 2. The molecule has 32 heavy (non-hydrogen) atoms. The second-order valence-corrected chi connectivity index (χ2v) is 7.24. The summed E-state index contributed by atoms with van der Waals surface area (Å²) >= 11 is 0. The molecule has 8 nitrogen and oxygen atoms in total. The number of carbonyl (C=O) groups is 1. The third-order valence-corrected chi connectivity index (χ3v) is 5.13. The minimum absolute atomic E-state index is 0.280. The molecule has 0 aliphatic carbocycles. The zero-order chi connectivity index (χ0) is 22.8. The molecule has 1 aliphatic rings. The number of amides is 1. The Labute approximate surface area is 186 Å². The van der Waals surface area contributed by atoms with E-state index in [0.717, 1.165) is 22.3 Å². The predicted octanol–water partition coefficient (Wildman–Crippen LogP) is 4.20. The molecule has 0 atom stereocenters. The number of aryl methyl sites for hydroxylation is 1. The molecule has 0 radical (unpaired) electrons. The highest BCUT2D eigenvalue weighted by Crippen LogP contribution is 2.31. The van der Waals surface area contributed by atoms with Crippen molar-refractivity contribution in [2.24, 2.45) is 4.99 Å². The van der Waals surface area contributed by atoms with Crippen LogP contribution in [0.5, 0.6) is 17.2 Å². The second kappa shape index (κ2) is 8.58. The zero-order valence-electron chi connectivity index (χ0n) is 18.6. The highest BCUT2D eigenvalue weighted by molar-refractivity contribution is 6.15. The SMILES string of the molecule is COc1ccc(OC)c(/C=C2\N=C(C)N(Nc3cc(C)nc4ccc(OC)cc34)C2=O)c1. The summed E-state index contributed by atoms with van der Waals surface area (Å²) in [5, 5.41) is 2.26. The van der Waals surface area contributed by atoms with E-state index in [-0.39, 0.29) is 11.6 Å². The van der Waals surface area contributed by atoms with Gasteiger partial charge in [-0.3, -0.25) is 15.2 Å². The third-order valence-electron chi connectivity index (χ3n) is 5.13. The second-order valence-electron chi connectivity index (χ2n) is 7.24. The van der Waals surface area contributed by atoms with Gasteiger partial charge in [-0.2, -0.15) is 0 Å². The van der Waals surface area contributed by atoms with Gasteiger partial charge < -0.3 is 14.2 Å². The number of nitrogens with zero attached hydrogens (tertiary/aromatic N) is 3. The van der Waals surface area contributed by atoms with Gasteiger partial charge in [0.25, 0.3) is 5.91 Å². The molecule has 2 heterocycles. The van der Waals surface area contributed by atoms with Crippen LogP contribution in [0.25, 0.3) is 17.0 Å². The minimum atomic E-state index is -0.280. The lowest BCUT2D eigenvalue weighted by Gasteiger charge is -2.20. The van der Waals surface area contributed by atoms with E-state index in [2.05, 4.69) is 15.4 Å². The van der Waals surface area contributed by atoms with Crippen molar-refractivity contribution in [1.29, 1.82) is 0 Å². The number of rotatable bonds is 6. The first-order valence-electron chi connectivity index (χ1n) is 9.99. The molecule has 1 aliphatic heterocycles. The van der Waals surface area contributed by atoms with E-state index in [9.17, 15) is 4.79 Å². The summed E-state index contributed by atoms with van der Waals surface area (Å²) < 4.78 is 16.1. The topological polar surface area (TPSA) is 85.3 Å². The van der Waals surface area contributed by atoms with Crippen LogP contribution in [0, 0.1) is 6.92 Å². The Morgan fingerprint density at radius 2 is 1.66 bits per heavy atom. The van der Waals surface area contributed by atoms with Crippen molar-refractivity contribution in [1.82, 2.24) is 9.99 Å². The van der Waals surface area contributed by atoms with Crippen molar-refractivity contribution >= 4 is 34.4 Å². The van der Waals surface area contributed by atoms with Crippen LogP contribution in [-0.4, -0.2) is 43.1 Å². The third kappa shape index (κ3) is 3.94. The maximum atomic E-state index is 13.2. The van der Waals surface area contributed by atoms with Crippen LogP contribution in [-0.2, 0) is 4.79 Å². The standard InChI is InChI=1S/C24H24N4O4/c1-14-10-21(19-13-18(31-4)6-8-20(19)25-14)27-28-15(2)26-22(24(28)29)12-16-11-17(30-3)7-9-23(16)32-5/h6-13H,1-5H3,(H,25,27)/b22-12-. The van der Waals surface area contributed by atoms with Crippen LogP contribution in [0.3, 0.4) is 0 Å². The van der Waals surface area contributed by atoms with Gasteiger partial charge >= 0.3 is 0 Å². The monoisotopic (exact) mass is 432 g/mol. The van der Waals surface area contributed by atoms with Gasteiger partial charge in [-0.05, 0) is 62.4 Å². The number of carbonyl (C=O) groups excluding carboxylic acids is 1. The zero-order valence-corrected chi connectivity index (χ0v) is 18.6. The smallest absolute Gasteiger partial charge is 0.296 e. The van der Waals surface area contributed by atoms with Gasteiger partial charge in [0, 0.05) is 16.6 Å². The molecule has 164 valence electrons. The molecule has 0 unspecified atom stereocenters. The number of fused-ring (bicyclic) bond motifs is 1. The summed E-state index contributed by atoms with van der Waals surface area (Å²) in [7, 11) is 4.78. The Kier molecular flexibility index (Phi) is 5.68. The highest BCUT2D eigenvalue weighted by Gasteiger charge is 2.29. The van der Waals surface area contributed by atoms with Crippen molar-refractivity contribution < 1.29 is 19.0 Å². The maximum absolute atomic E-state index is 13.2. The highest BCUT2D eigenvalue weighted by atomic mass is 16.5. The van der Waals surface area contributed by atoms with E-state index in [0.29, 0.717) is 28.6 Å². The summed E-state index contributed by atoms with van der Waals surface area (Å²) in [6.07, 6.45) is 1.69. The van der Waals surface area contributed by atoms with E-state index in [1.807, 2.05) is 31.2 Å². The van der Waals surface area contributed by atoms with Crippen LogP contribution in [0.2, 0.25) is 0 Å². The fourth-order valence-corrected chi connectivity index (χ4v) is 3.54. The summed E-state index contributed by atoms with van der Waals surface area (Å²) in [5.74, 6) is 2.22. The Bertz CT molecular complexity index is 1270. The van der Waals surface area contributed by atoms with Crippen LogP contribution >= 0.6 is 0 Å². The van der Waals surface area contributed by atoms with Crippen molar-refractivity contribution in [3.05, 3.63) is 59.4 Å². The number of hydrogen-bond donors (Lipinski definition) is 1. The number of nitrogens with one attached hydrogen (secondary N) is 1. The normalized spacial score (nSPS) is 14.7. The van der Waals surface area contributed by atoms with Crippen LogP contribution in [0.1, 0.15) is 18.2 Å². The largest absolute Gasteiger partial charge is 0.497 e. The van der Waals surface area contributed by atoms with Gasteiger partial charge in [0.1, 0.15) is 28.8 Å². The lowest BCUT2D eigenvalue weighted by atomic mass is 10.1. The Balaban J connectivity index is 1.69. The molecule has 8 heteroatoms. The number of aromatic nitrogens is 1. The van der Waals surface area contributed by atoms with Crippen LogP contribution in [0.4, 0.5) is 5.69 Å². The molecule has 2 aromatic carbocycles. The van der Waals surface area contributed by atoms with E-state index in [1.54, 1.807) is 52.5 Å². The molecule has 0 saturated heterocycles. The van der Waals surface area contributed by atoms with Crippen molar-refractivity contribution in [2.45, 2.75) is 13.8 Å². The molecule has 0 saturated carbocycles. The molecular formula is C24H24N4O4. The predicted molar refractivity (Wildman–Crippen MR) is 124 cm³/mol. The van der Waals surface area contributed by atoms with Gasteiger partial charge in [-0.25, -0.2) is 10.0 Å². The van der Waals surface area contributed by atoms with Gasteiger partial charge in [-0.1, -0.05) is 0 Å². The van der Waals surface area contributed by atoms with Crippen LogP contribution < -0.4 is 19.6 Å². The number of anilines is 1. The first-order chi connectivity index (χ1) is 15.4. The minimum Gasteiger partial charge on any atom is -0.497 e. The Morgan fingerprint density at radius 3 is 2.38 bits per heavy atom. The lowest BCUT2D eigenvalue weighted by molar-refractivity contribution is -0.121. The quantitative estimate of drug-likeness (QED) is 0.588. The molecule has 0 spiro atoms. The average molecular weight is 432 g/mol. The molecule has 4 rings (SSSR count). The van der Waals surface area contributed by atoms with E-state index in [1.165, 1.54) is 5.01 Å². The molecular weight excluding hydrogens is 408 g/mol. The molecule has 1 amide bonds. The Hall–Kier alpha value is -4.07. The van der Waals surface area contributed by atoms with Gasteiger partial charge in [0.05, 0.1) is 32.5 Å². The Morgan fingerprint density at radius 1 is 0.938 bits per heavy atom. The molecule has 0 fully saturated rings. The number of hydrogen-bond acceptors (Lipinski definition) is 7. The van der Waals surface area contributed by atoms with Gasteiger partial charge in [-0.15, -0.1) is 0 Å². The van der Waals surface area contributed by atoms with E-state index >= 15 is 0 Å². The first-order valence-corrected chi connectivity index (χ1v) is 9.99. The summed E-state index contributed by atoms with van der Waals surface area (Å²) in [6.45, 7) is 3.67. The average Bonchev–Trinajstić information content (AvgIpc) is 3.05. The number of amidine groups is 1. The number of hydrazine groups is 1. The summed E-state index contributed by atoms with van der Waals surface area (Å²) in [5.41, 5.74) is 6.54. The van der Waals surface area contributed by atoms with Crippen molar-refractivity contribution in [3.63, 3.8) is 0 Å². The number of methoxy groups -OCH3 is 3. The van der Waals surface area contributed by atoms with Gasteiger partial charge in [0.2, 0.25) is 0 Å². The number of aliphatic imine (C=N–C) groups is 1. The summed E-state index contributed by atoms with van der Waals surface area (Å²) in [6, 6.07) is 12.9. The van der Waals surface area contributed by atoms with Crippen LogP contribution in [0.15, 0.2) is 53.2 Å². The fraction of sp³-hybridized carbons (Fsp3) is 0.208. The van der Waals surface area contributed by atoms with E-state index < -0.39 is 0 Å². The lowest BCUT2D eigenvalue weighted by Crippen LogP contribution is -2.36. The van der Waals surface area contributed by atoms with Crippen molar-refractivity contribution in [2.75, 3.05) is 26.8 Å². The summed E-state index contributed by atoms with van der Waals surface area (Å²) in [4.78, 5) is 22.2.